The summed E-state index contributed by atoms with van der Waals surface area (Å²) in [5.74, 6) is 0.760. The van der Waals surface area contributed by atoms with Crippen LogP contribution in [0.1, 0.15) is 18.5 Å². The van der Waals surface area contributed by atoms with Crippen molar-refractivity contribution in [3.8, 4) is 5.75 Å². The molecule has 1 aromatic carbocycles. The molecule has 2 N–H and O–H groups in total. The Morgan fingerprint density at radius 3 is 2.38 bits per heavy atom. The number of rotatable bonds is 4. The minimum atomic E-state index is 0.0147. The van der Waals surface area contributed by atoms with E-state index in [-0.39, 0.29) is 12.1 Å². The van der Waals surface area contributed by atoms with E-state index in [1.165, 1.54) is 0 Å². The summed E-state index contributed by atoms with van der Waals surface area (Å²) in [6.07, 6.45) is 0. The SMILES string of the molecule is COc1ccc(C(C(C)N)N(C)C)c(Cl)c1. The normalized spacial score (nSPS) is 14.9. The van der Waals surface area contributed by atoms with E-state index in [1.807, 2.05) is 39.2 Å². The molecule has 0 aromatic heterocycles. The topological polar surface area (TPSA) is 38.5 Å². The van der Waals surface area contributed by atoms with Gasteiger partial charge in [0.05, 0.1) is 13.2 Å². The second-order valence-corrected chi connectivity index (χ2v) is 4.56. The summed E-state index contributed by atoms with van der Waals surface area (Å²) in [5.41, 5.74) is 7.01. The molecule has 0 spiro atoms. The Balaban J connectivity index is 3.10. The highest BCUT2D eigenvalue weighted by atomic mass is 35.5. The fraction of sp³-hybridized carbons (Fsp3) is 0.500. The molecule has 2 unspecified atom stereocenters. The lowest BCUT2D eigenvalue weighted by atomic mass is 10.00. The zero-order chi connectivity index (χ0) is 12.3. The highest BCUT2D eigenvalue weighted by molar-refractivity contribution is 6.31. The van der Waals surface area contributed by atoms with E-state index in [9.17, 15) is 0 Å². The molecular weight excluding hydrogens is 224 g/mol. The average Bonchev–Trinajstić information content (AvgIpc) is 2.19. The fourth-order valence-corrected chi connectivity index (χ4v) is 2.19. The Morgan fingerprint density at radius 2 is 2.00 bits per heavy atom. The molecule has 0 aliphatic carbocycles. The molecule has 2 atom stereocenters. The molecular formula is C12H19ClN2O. The fourth-order valence-electron chi connectivity index (χ4n) is 1.91. The van der Waals surface area contributed by atoms with Crippen molar-refractivity contribution in [1.82, 2.24) is 4.90 Å². The number of nitrogens with zero attached hydrogens (tertiary/aromatic N) is 1. The Morgan fingerprint density at radius 1 is 1.38 bits per heavy atom. The molecule has 16 heavy (non-hydrogen) atoms. The van der Waals surface area contributed by atoms with Crippen LogP contribution in [0.5, 0.6) is 5.75 Å². The van der Waals surface area contributed by atoms with Crippen molar-refractivity contribution in [3.63, 3.8) is 0 Å². The van der Waals surface area contributed by atoms with Crippen molar-refractivity contribution >= 4 is 11.6 Å². The van der Waals surface area contributed by atoms with E-state index >= 15 is 0 Å². The van der Waals surface area contributed by atoms with Gasteiger partial charge in [0.1, 0.15) is 5.75 Å². The molecule has 0 heterocycles. The largest absolute Gasteiger partial charge is 0.497 e. The summed E-state index contributed by atoms with van der Waals surface area (Å²) in [6.45, 7) is 1.98. The standard InChI is InChI=1S/C12H19ClN2O/c1-8(14)12(15(2)3)10-6-5-9(16-4)7-11(10)13/h5-8,12H,14H2,1-4H3. The van der Waals surface area contributed by atoms with Crippen LogP contribution in [0.15, 0.2) is 18.2 Å². The molecule has 1 aromatic rings. The molecule has 90 valence electrons. The van der Waals surface area contributed by atoms with Crippen LogP contribution in [-0.2, 0) is 0 Å². The quantitative estimate of drug-likeness (QED) is 0.881. The van der Waals surface area contributed by atoms with E-state index in [2.05, 4.69) is 4.90 Å². The van der Waals surface area contributed by atoms with Crippen LogP contribution in [-0.4, -0.2) is 32.1 Å². The number of hydrogen-bond donors (Lipinski definition) is 1. The molecule has 0 aliphatic rings. The molecule has 0 saturated heterocycles. The average molecular weight is 243 g/mol. The van der Waals surface area contributed by atoms with E-state index < -0.39 is 0 Å². The van der Waals surface area contributed by atoms with E-state index in [0.29, 0.717) is 5.02 Å². The molecule has 4 heteroatoms. The van der Waals surface area contributed by atoms with Crippen molar-refractivity contribution in [2.75, 3.05) is 21.2 Å². The summed E-state index contributed by atoms with van der Waals surface area (Å²) >= 11 is 6.23. The smallest absolute Gasteiger partial charge is 0.120 e. The second-order valence-electron chi connectivity index (χ2n) is 4.16. The van der Waals surface area contributed by atoms with Gasteiger partial charge in [0, 0.05) is 11.1 Å². The highest BCUT2D eigenvalue weighted by Gasteiger charge is 2.21. The van der Waals surface area contributed by atoms with E-state index in [0.717, 1.165) is 11.3 Å². The van der Waals surface area contributed by atoms with Gasteiger partial charge in [-0.25, -0.2) is 0 Å². The van der Waals surface area contributed by atoms with Gasteiger partial charge >= 0.3 is 0 Å². The van der Waals surface area contributed by atoms with Crippen molar-refractivity contribution in [2.24, 2.45) is 5.73 Å². The van der Waals surface area contributed by atoms with Crippen molar-refractivity contribution in [2.45, 2.75) is 19.0 Å². The summed E-state index contributed by atoms with van der Waals surface area (Å²) in [4.78, 5) is 2.07. The van der Waals surface area contributed by atoms with Crippen molar-refractivity contribution in [3.05, 3.63) is 28.8 Å². The zero-order valence-corrected chi connectivity index (χ0v) is 11.0. The molecule has 1 rings (SSSR count). The van der Waals surface area contributed by atoms with Gasteiger partial charge in [0.2, 0.25) is 0 Å². The van der Waals surface area contributed by atoms with Gasteiger partial charge in [0.25, 0.3) is 0 Å². The number of likely N-dealkylation sites (N-methyl/N-ethyl adjacent to an activating group) is 1. The van der Waals surface area contributed by atoms with Gasteiger partial charge in [-0.3, -0.25) is 0 Å². The lowest BCUT2D eigenvalue weighted by molar-refractivity contribution is 0.266. The third kappa shape index (κ3) is 2.88. The number of hydrogen-bond acceptors (Lipinski definition) is 3. The summed E-state index contributed by atoms with van der Waals surface area (Å²) in [5, 5.41) is 0.690. The number of nitrogens with two attached hydrogens (primary N) is 1. The summed E-state index contributed by atoms with van der Waals surface area (Å²) < 4.78 is 5.12. The monoisotopic (exact) mass is 242 g/mol. The van der Waals surface area contributed by atoms with Crippen LogP contribution < -0.4 is 10.5 Å². The maximum atomic E-state index is 6.23. The molecule has 0 saturated carbocycles. The van der Waals surface area contributed by atoms with Gasteiger partial charge in [-0.05, 0) is 38.7 Å². The predicted octanol–water partition coefficient (Wildman–Crippen LogP) is 2.30. The van der Waals surface area contributed by atoms with Crippen LogP contribution >= 0.6 is 11.6 Å². The molecule has 0 amide bonds. The number of benzene rings is 1. The Bertz CT molecular complexity index is 345. The van der Waals surface area contributed by atoms with Gasteiger partial charge in [-0.2, -0.15) is 0 Å². The first-order chi connectivity index (χ1) is 7.47. The third-order valence-electron chi connectivity index (χ3n) is 2.58. The molecule has 0 aliphatic heterocycles. The lowest BCUT2D eigenvalue weighted by Gasteiger charge is -2.29. The first kappa shape index (κ1) is 13.3. The molecule has 0 radical (unpaired) electrons. The molecule has 0 fully saturated rings. The third-order valence-corrected chi connectivity index (χ3v) is 2.91. The summed E-state index contributed by atoms with van der Waals surface area (Å²) in [6, 6.07) is 5.81. The van der Waals surface area contributed by atoms with Crippen molar-refractivity contribution < 1.29 is 4.74 Å². The number of methoxy groups -OCH3 is 1. The minimum absolute atomic E-state index is 0.0147. The van der Waals surface area contributed by atoms with E-state index in [4.69, 9.17) is 22.1 Å². The molecule has 3 nitrogen and oxygen atoms in total. The Labute approximate surface area is 102 Å². The van der Waals surface area contributed by atoms with Gasteiger partial charge < -0.3 is 15.4 Å². The Hall–Kier alpha value is -0.770. The zero-order valence-electron chi connectivity index (χ0n) is 10.2. The predicted molar refractivity (Wildman–Crippen MR) is 68.1 cm³/mol. The summed E-state index contributed by atoms with van der Waals surface area (Å²) in [7, 11) is 5.61. The van der Waals surface area contributed by atoms with Crippen LogP contribution in [0.4, 0.5) is 0 Å². The van der Waals surface area contributed by atoms with Gasteiger partial charge in [-0.1, -0.05) is 17.7 Å². The second kappa shape index (κ2) is 5.53. The van der Waals surface area contributed by atoms with Gasteiger partial charge in [-0.15, -0.1) is 0 Å². The molecule has 0 bridgehead atoms. The van der Waals surface area contributed by atoms with Crippen LogP contribution in [0.25, 0.3) is 0 Å². The maximum Gasteiger partial charge on any atom is 0.120 e. The Kier molecular flexibility index (Phi) is 4.59. The van der Waals surface area contributed by atoms with Crippen LogP contribution in [0.3, 0.4) is 0 Å². The first-order valence-corrected chi connectivity index (χ1v) is 5.60. The minimum Gasteiger partial charge on any atom is -0.497 e. The number of halogens is 1. The maximum absolute atomic E-state index is 6.23. The lowest BCUT2D eigenvalue weighted by Crippen LogP contribution is -2.35. The number of ether oxygens (including phenoxy) is 1. The van der Waals surface area contributed by atoms with Crippen LogP contribution in [0.2, 0.25) is 5.02 Å². The van der Waals surface area contributed by atoms with Gasteiger partial charge in [0.15, 0.2) is 0 Å². The van der Waals surface area contributed by atoms with Crippen LogP contribution in [0, 0.1) is 0 Å². The van der Waals surface area contributed by atoms with E-state index in [1.54, 1.807) is 7.11 Å². The first-order valence-electron chi connectivity index (χ1n) is 5.22. The van der Waals surface area contributed by atoms with Crippen molar-refractivity contribution in [1.29, 1.82) is 0 Å². The highest BCUT2D eigenvalue weighted by Crippen LogP contribution is 2.30.